The normalized spacial score (nSPS) is 17.4. The van der Waals surface area contributed by atoms with Crippen LogP contribution in [-0.4, -0.2) is 34.7 Å². The van der Waals surface area contributed by atoms with Crippen molar-refractivity contribution in [3.63, 3.8) is 0 Å². The first kappa shape index (κ1) is 16.9. The van der Waals surface area contributed by atoms with Crippen molar-refractivity contribution in [2.45, 2.75) is 19.8 Å². The zero-order chi connectivity index (χ0) is 18.1. The van der Waals surface area contributed by atoms with Crippen LogP contribution < -0.4 is 0 Å². The number of carbonyl (C=O) groups excluding carboxylic acids is 2. The zero-order valence-corrected chi connectivity index (χ0v) is 15.5. The Kier molecular flexibility index (Phi) is 4.55. The van der Waals surface area contributed by atoms with E-state index in [1.165, 1.54) is 0 Å². The van der Waals surface area contributed by atoms with Gasteiger partial charge in [-0.1, -0.05) is 30.3 Å². The second-order valence-corrected chi connectivity index (χ2v) is 7.97. The van der Waals surface area contributed by atoms with E-state index in [1.54, 1.807) is 11.3 Å². The van der Waals surface area contributed by atoms with Crippen LogP contribution in [0.5, 0.6) is 0 Å². The molecule has 1 fully saturated rings. The van der Waals surface area contributed by atoms with Crippen molar-refractivity contribution < 1.29 is 9.59 Å². The fourth-order valence-electron chi connectivity index (χ4n) is 3.57. The van der Waals surface area contributed by atoms with Crippen LogP contribution in [0, 0.1) is 12.8 Å². The van der Waals surface area contributed by atoms with Crippen LogP contribution in [0.3, 0.4) is 0 Å². The molecule has 1 saturated heterocycles. The van der Waals surface area contributed by atoms with Crippen molar-refractivity contribution in [3.8, 4) is 0 Å². The van der Waals surface area contributed by atoms with E-state index in [4.69, 9.17) is 0 Å². The molecule has 3 aromatic rings. The number of carbonyl (C=O) groups is 2. The van der Waals surface area contributed by atoms with Gasteiger partial charge in [0.15, 0.2) is 5.78 Å². The number of benzene rings is 2. The Labute approximate surface area is 156 Å². The van der Waals surface area contributed by atoms with Gasteiger partial charge in [0, 0.05) is 30.1 Å². The van der Waals surface area contributed by atoms with Crippen molar-refractivity contribution in [3.05, 3.63) is 64.7 Å². The first-order chi connectivity index (χ1) is 12.6. The van der Waals surface area contributed by atoms with E-state index >= 15 is 0 Å². The maximum Gasteiger partial charge on any atom is 0.253 e. The monoisotopic (exact) mass is 364 g/mol. The Morgan fingerprint density at radius 2 is 1.92 bits per heavy atom. The Hall–Kier alpha value is -2.53. The zero-order valence-electron chi connectivity index (χ0n) is 14.6. The summed E-state index contributed by atoms with van der Waals surface area (Å²) in [6, 6.07) is 15.0. The average Bonchev–Trinajstić information content (AvgIpc) is 3.06. The van der Waals surface area contributed by atoms with Crippen LogP contribution in [0.25, 0.3) is 10.2 Å². The molecule has 0 bridgehead atoms. The summed E-state index contributed by atoms with van der Waals surface area (Å²) in [5.74, 6) is 0.0182. The van der Waals surface area contributed by atoms with Crippen molar-refractivity contribution in [2.75, 3.05) is 13.1 Å². The molecule has 1 aromatic heterocycles. The van der Waals surface area contributed by atoms with E-state index in [2.05, 4.69) is 4.98 Å². The number of likely N-dealkylation sites (tertiary alicyclic amines) is 1. The molecule has 0 aliphatic carbocycles. The van der Waals surface area contributed by atoms with Crippen molar-refractivity contribution in [1.29, 1.82) is 0 Å². The lowest BCUT2D eigenvalue weighted by molar-refractivity contribution is 0.0637. The molecule has 26 heavy (non-hydrogen) atoms. The highest BCUT2D eigenvalue weighted by atomic mass is 32.1. The number of aryl methyl sites for hydroxylation is 1. The number of ketones is 1. The molecule has 0 saturated carbocycles. The lowest BCUT2D eigenvalue weighted by atomic mass is 9.89. The van der Waals surface area contributed by atoms with E-state index in [0.717, 1.165) is 33.6 Å². The summed E-state index contributed by atoms with van der Waals surface area (Å²) in [5, 5.41) is 0.996. The van der Waals surface area contributed by atoms with Gasteiger partial charge in [-0.3, -0.25) is 9.59 Å². The van der Waals surface area contributed by atoms with Gasteiger partial charge >= 0.3 is 0 Å². The van der Waals surface area contributed by atoms with Gasteiger partial charge in [-0.15, -0.1) is 11.3 Å². The fourth-order valence-corrected chi connectivity index (χ4v) is 4.44. The van der Waals surface area contributed by atoms with Gasteiger partial charge in [0.1, 0.15) is 0 Å². The van der Waals surface area contributed by atoms with E-state index in [9.17, 15) is 9.59 Å². The lowest BCUT2D eigenvalue weighted by Gasteiger charge is -2.32. The van der Waals surface area contributed by atoms with Crippen molar-refractivity contribution in [2.24, 2.45) is 5.92 Å². The highest BCUT2D eigenvalue weighted by Crippen LogP contribution is 2.26. The highest BCUT2D eigenvalue weighted by molar-refractivity contribution is 7.18. The van der Waals surface area contributed by atoms with Crippen molar-refractivity contribution >= 4 is 33.2 Å². The van der Waals surface area contributed by atoms with Crippen LogP contribution >= 0.6 is 11.3 Å². The predicted molar refractivity (Wildman–Crippen MR) is 104 cm³/mol. The molecule has 0 unspecified atom stereocenters. The SMILES string of the molecule is Cc1nc2ccc(C(=O)N3CCC[C@H](C(=O)c4ccccc4)C3)cc2s1. The number of thiazole rings is 1. The highest BCUT2D eigenvalue weighted by Gasteiger charge is 2.29. The molecular weight excluding hydrogens is 344 g/mol. The summed E-state index contributed by atoms with van der Waals surface area (Å²) in [5.41, 5.74) is 2.34. The number of fused-ring (bicyclic) bond motifs is 1. The molecule has 5 heteroatoms. The summed E-state index contributed by atoms with van der Waals surface area (Å²) < 4.78 is 1.03. The number of hydrogen-bond donors (Lipinski definition) is 0. The molecule has 4 nitrogen and oxygen atoms in total. The van der Waals surface area contributed by atoms with E-state index < -0.39 is 0 Å². The molecule has 1 aliphatic rings. The minimum atomic E-state index is -0.121. The summed E-state index contributed by atoms with van der Waals surface area (Å²) in [6.45, 7) is 3.17. The van der Waals surface area contributed by atoms with Gasteiger partial charge in [-0.2, -0.15) is 0 Å². The van der Waals surface area contributed by atoms with Crippen LogP contribution in [0.4, 0.5) is 0 Å². The number of nitrogens with zero attached hydrogens (tertiary/aromatic N) is 2. The third kappa shape index (κ3) is 3.27. The first-order valence-corrected chi connectivity index (χ1v) is 9.69. The van der Waals surface area contributed by atoms with Gasteiger partial charge in [-0.25, -0.2) is 4.98 Å². The molecule has 2 heterocycles. The molecule has 2 aromatic carbocycles. The van der Waals surface area contributed by atoms with Crippen LogP contribution in [0.2, 0.25) is 0 Å². The smallest absolute Gasteiger partial charge is 0.253 e. The van der Waals surface area contributed by atoms with Gasteiger partial charge in [0.05, 0.1) is 15.2 Å². The minimum Gasteiger partial charge on any atom is -0.338 e. The van der Waals surface area contributed by atoms with Crippen LogP contribution in [0.1, 0.15) is 38.6 Å². The molecule has 1 atom stereocenters. The predicted octanol–water partition coefficient (Wildman–Crippen LogP) is 4.34. The number of amides is 1. The molecular formula is C21H20N2O2S. The van der Waals surface area contributed by atoms with Crippen LogP contribution in [0.15, 0.2) is 48.5 Å². The first-order valence-electron chi connectivity index (χ1n) is 8.87. The van der Waals surface area contributed by atoms with E-state index in [1.807, 2.05) is 60.4 Å². The van der Waals surface area contributed by atoms with Crippen molar-refractivity contribution in [1.82, 2.24) is 9.88 Å². The lowest BCUT2D eigenvalue weighted by Crippen LogP contribution is -2.42. The third-order valence-electron chi connectivity index (χ3n) is 4.88. The van der Waals surface area contributed by atoms with Gasteiger partial charge in [0.2, 0.25) is 0 Å². The number of hydrogen-bond acceptors (Lipinski definition) is 4. The molecule has 1 amide bonds. The maximum absolute atomic E-state index is 13.0. The molecule has 0 spiro atoms. The standard InChI is InChI=1S/C21H20N2O2S/c1-14-22-18-10-9-16(12-19(18)26-14)21(25)23-11-5-8-17(13-23)20(24)15-6-3-2-4-7-15/h2-4,6-7,9-10,12,17H,5,8,11,13H2,1H3/t17-/m0/s1. The number of aromatic nitrogens is 1. The molecule has 1 aliphatic heterocycles. The Morgan fingerprint density at radius 1 is 1.12 bits per heavy atom. The largest absolute Gasteiger partial charge is 0.338 e. The van der Waals surface area contributed by atoms with Gasteiger partial charge in [-0.05, 0) is 38.0 Å². The molecule has 0 N–H and O–H groups in total. The van der Waals surface area contributed by atoms with E-state index in [0.29, 0.717) is 18.7 Å². The number of rotatable bonds is 3. The summed E-state index contributed by atoms with van der Waals surface area (Å²) in [6.07, 6.45) is 1.70. The second kappa shape index (κ2) is 7.00. The number of piperidine rings is 1. The Balaban J connectivity index is 1.53. The topological polar surface area (TPSA) is 50.3 Å². The van der Waals surface area contributed by atoms with Gasteiger partial charge in [0.25, 0.3) is 5.91 Å². The quantitative estimate of drug-likeness (QED) is 0.650. The summed E-state index contributed by atoms with van der Waals surface area (Å²) in [7, 11) is 0. The molecule has 4 rings (SSSR count). The number of Topliss-reactive ketones (excluding diaryl/α,β-unsaturated/α-hetero) is 1. The van der Waals surface area contributed by atoms with Gasteiger partial charge < -0.3 is 4.90 Å². The average molecular weight is 364 g/mol. The summed E-state index contributed by atoms with van der Waals surface area (Å²) >= 11 is 1.60. The molecule has 132 valence electrons. The maximum atomic E-state index is 13.0. The summed E-state index contributed by atoms with van der Waals surface area (Å²) in [4.78, 5) is 32.0. The Morgan fingerprint density at radius 3 is 2.73 bits per heavy atom. The second-order valence-electron chi connectivity index (χ2n) is 6.74. The molecule has 0 radical (unpaired) electrons. The third-order valence-corrected chi connectivity index (χ3v) is 5.81. The Bertz CT molecular complexity index is 965. The fraction of sp³-hybridized carbons (Fsp3) is 0.286. The van der Waals surface area contributed by atoms with E-state index in [-0.39, 0.29) is 17.6 Å². The van der Waals surface area contributed by atoms with Crippen LogP contribution in [-0.2, 0) is 0 Å². The minimum absolute atomic E-state index is 0.00325.